The van der Waals surface area contributed by atoms with E-state index < -0.39 is 17.0 Å². The molecule has 0 aromatic heterocycles. The smallest absolute Gasteiger partial charge is 0.330 e. The number of rotatable bonds is 3. The van der Waals surface area contributed by atoms with Crippen LogP contribution in [-0.4, -0.2) is 29.6 Å². The van der Waals surface area contributed by atoms with Gasteiger partial charge in [0, 0.05) is 17.9 Å². The number of hydrogen-bond donors (Lipinski definition) is 1. The number of carbonyl (C=O) groups is 2. The third-order valence-corrected chi connectivity index (χ3v) is 4.32. The number of ether oxygens (including phenoxy) is 1. The van der Waals surface area contributed by atoms with Gasteiger partial charge in [-0.1, -0.05) is 19.9 Å². The molecule has 1 rings (SSSR count). The number of allylic oxidation sites excluding steroid dienone is 3. The maximum atomic E-state index is 12.0. The molecule has 1 aliphatic rings. The Morgan fingerprint density at radius 3 is 2.43 bits per heavy atom. The fraction of sp³-hybridized carbons (Fsp3) is 0.529. The maximum absolute atomic E-state index is 12.0. The monoisotopic (exact) mass is 292 g/mol. The first-order chi connectivity index (χ1) is 9.55. The summed E-state index contributed by atoms with van der Waals surface area (Å²) in [5.74, 6) is -0.372. The predicted octanol–water partition coefficient (Wildman–Crippen LogP) is 2.73. The van der Waals surface area contributed by atoms with Crippen LogP contribution in [0.1, 0.15) is 41.0 Å². The fourth-order valence-electron chi connectivity index (χ4n) is 2.57. The van der Waals surface area contributed by atoms with Gasteiger partial charge in [0.1, 0.15) is 5.60 Å². The molecule has 0 saturated carbocycles. The highest BCUT2D eigenvalue weighted by Crippen LogP contribution is 2.46. The van der Waals surface area contributed by atoms with Gasteiger partial charge >= 0.3 is 5.97 Å². The Balaban J connectivity index is 3.22. The Hall–Kier alpha value is -1.68. The molecule has 1 unspecified atom stereocenters. The molecule has 0 heterocycles. The molecule has 0 bridgehead atoms. The molecule has 0 aliphatic heterocycles. The van der Waals surface area contributed by atoms with Crippen LogP contribution in [0.25, 0.3) is 0 Å². The van der Waals surface area contributed by atoms with Gasteiger partial charge in [-0.15, -0.1) is 0 Å². The van der Waals surface area contributed by atoms with Crippen molar-refractivity contribution in [2.45, 2.75) is 46.6 Å². The van der Waals surface area contributed by atoms with Gasteiger partial charge in [-0.25, -0.2) is 4.79 Å². The molecular weight excluding hydrogens is 268 g/mol. The molecule has 0 amide bonds. The van der Waals surface area contributed by atoms with Gasteiger partial charge in [0.15, 0.2) is 5.78 Å². The van der Waals surface area contributed by atoms with Crippen molar-refractivity contribution in [3.05, 3.63) is 34.9 Å². The zero-order valence-electron chi connectivity index (χ0n) is 13.6. The quantitative estimate of drug-likeness (QED) is 0.493. The highest BCUT2D eigenvalue weighted by atomic mass is 16.5. The lowest BCUT2D eigenvalue weighted by atomic mass is 9.62. The lowest BCUT2D eigenvalue weighted by Gasteiger charge is -2.45. The van der Waals surface area contributed by atoms with Crippen molar-refractivity contribution in [3.63, 3.8) is 0 Å². The lowest BCUT2D eigenvalue weighted by molar-refractivity contribution is -0.134. The minimum Gasteiger partial charge on any atom is -0.466 e. The van der Waals surface area contributed by atoms with Gasteiger partial charge in [-0.2, -0.15) is 0 Å². The Bertz CT molecular complexity index is 549. The second-order valence-electron chi connectivity index (χ2n) is 6.25. The summed E-state index contributed by atoms with van der Waals surface area (Å²) in [7, 11) is 1.31. The van der Waals surface area contributed by atoms with Crippen molar-refractivity contribution in [3.8, 4) is 0 Å². The van der Waals surface area contributed by atoms with Crippen molar-refractivity contribution in [1.82, 2.24) is 0 Å². The van der Waals surface area contributed by atoms with E-state index >= 15 is 0 Å². The minimum atomic E-state index is -1.21. The molecule has 116 valence electrons. The summed E-state index contributed by atoms with van der Waals surface area (Å²) in [6.07, 6.45) is 4.99. The molecule has 1 aliphatic carbocycles. The average Bonchev–Trinajstić information content (AvgIpc) is 2.40. The maximum Gasteiger partial charge on any atom is 0.330 e. The molecule has 4 heteroatoms. The van der Waals surface area contributed by atoms with Crippen molar-refractivity contribution in [2.24, 2.45) is 5.41 Å². The summed E-state index contributed by atoms with van der Waals surface area (Å²) < 4.78 is 4.57. The summed E-state index contributed by atoms with van der Waals surface area (Å²) in [5, 5.41) is 11.1. The number of hydrogen-bond acceptors (Lipinski definition) is 4. The van der Waals surface area contributed by atoms with Crippen molar-refractivity contribution < 1.29 is 19.4 Å². The van der Waals surface area contributed by atoms with E-state index in [4.69, 9.17) is 0 Å². The summed E-state index contributed by atoms with van der Waals surface area (Å²) in [6, 6.07) is 0. The van der Waals surface area contributed by atoms with E-state index in [0.29, 0.717) is 16.7 Å². The van der Waals surface area contributed by atoms with Crippen LogP contribution in [0.3, 0.4) is 0 Å². The number of methoxy groups -OCH3 is 1. The lowest BCUT2D eigenvalue weighted by Crippen LogP contribution is -2.49. The molecule has 0 fully saturated rings. The van der Waals surface area contributed by atoms with Gasteiger partial charge in [0.2, 0.25) is 0 Å². The van der Waals surface area contributed by atoms with Gasteiger partial charge < -0.3 is 9.84 Å². The standard InChI is InChI=1S/C17H24O4/c1-11(9-15(19)21-6)7-8-17(20)13(3)12(2)14(18)10-16(17,4)5/h7-9,20H,10H2,1-6H3/b8-7+,11-9-. The van der Waals surface area contributed by atoms with Crippen LogP contribution in [0, 0.1) is 5.41 Å². The van der Waals surface area contributed by atoms with Crippen LogP contribution in [-0.2, 0) is 14.3 Å². The molecule has 0 aromatic carbocycles. The third-order valence-electron chi connectivity index (χ3n) is 4.32. The third kappa shape index (κ3) is 3.32. The van der Waals surface area contributed by atoms with Gasteiger partial charge in [-0.05, 0) is 43.6 Å². The summed E-state index contributed by atoms with van der Waals surface area (Å²) in [4.78, 5) is 23.2. The van der Waals surface area contributed by atoms with E-state index in [0.717, 1.165) is 0 Å². The molecule has 21 heavy (non-hydrogen) atoms. The molecular formula is C17H24O4. The van der Waals surface area contributed by atoms with Crippen LogP contribution < -0.4 is 0 Å². The Morgan fingerprint density at radius 2 is 1.90 bits per heavy atom. The number of esters is 1. The van der Waals surface area contributed by atoms with Crippen LogP contribution >= 0.6 is 0 Å². The van der Waals surface area contributed by atoms with Crippen molar-refractivity contribution >= 4 is 11.8 Å². The van der Waals surface area contributed by atoms with Crippen LogP contribution in [0.2, 0.25) is 0 Å². The second kappa shape index (κ2) is 5.98. The number of ketones is 1. The second-order valence-corrected chi connectivity index (χ2v) is 6.25. The first-order valence-corrected chi connectivity index (χ1v) is 6.94. The van der Waals surface area contributed by atoms with Gasteiger partial charge in [0.05, 0.1) is 7.11 Å². The van der Waals surface area contributed by atoms with E-state index in [1.54, 1.807) is 32.9 Å². The number of Topliss-reactive ketones (excluding diaryl/α,β-unsaturated/α-hetero) is 1. The molecule has 0 radical (unpaired) electrons. The normalized spacial score (nSPS) is 26.4. The minimum absolute atomic E-state index is 0.0670. The topological polar surface area (TPSA) is 63.6 Å². The van der Waals surface area contributed by atoms with E-state index in [-0.39, 0.29) is 12.2 Å². The predicted molar refractivity (Wildman–Crippen MR) is 81.6 cm³/mol. The number of carbonyl (C=O) groups excluding carboxylic acids is 2. The Morgan fingerprint density at radius 1 is 1.33 bits per heavy atom. The van der Waals surface area contributed by atoms with Crippen LogP contribution in [0.5, 0.6) is 0 Å². The van der Waals surface area contributed by atoms with E-state index in [1.165, 1.54) is 13.2 Å². The van der Waals surface area contributed by atoms with Gasteiger partial charge in [0.25, 0.3) is 0 Å². The molecule has 4 nitrogen and oxygen atoms in total. The fourth-order valence-corrected chi connectivity index (χ4v) is 2.57. The molecule has 0 aromatic rings. The zero-order chi connectivity index (χ0) is 16.4. The van der Waals surface area contributed by atoms with Crippen LogP contribution in [0.4, 0.5) is 0 Å². The highest BCUT2D eigenvalue weighted by molar-refractivity contribution is 5.97. The number of aliphatic hydroxyl groups is 1. The SMILES string of the molecule is COC(=O)/C=C(C)\C=C\C1(O)C(C)=C(C)C(=O)CC1(C)C. The Labute approximate surface area is 126 Å². The van der Waals surface area contributed by atoms with Crippen LogP contribution in [0.15, 0.2) is 34.9 Å². The van der Waals surface area contributed by atoms with E-state index in [1.807, 2.05) is 13.8 Å². The summed E-state index contributed by atoms with van der Waals surface area (Å²) >= 11 is 0. The van der Waals surface area contributed by atoms with E-state index in [2.05, 4.69) is 4.74 Å². The summed E-state index contributed by atoms with van der Waals surface area (Å²) in [5.41, 5.74) is 0.127. The molecule has 0 spiro atoms. The molecule has 0 saturated heterocycles. The van der Waals surface area contributed by atoms with Gasteiger partial charge in [-0.3, -0.25) is 4.79 Å². The van der Waals surface area contributed by atoms with Crippen molar-refractivity contribution in [1.29, 1.82) is 0 Å². The largest absolute Gasteiger partial charge is 0.466 e. The Kier molecular flexibility index (Phi) is 4.95. The molecule has 1 N–H and O–H groups in total. The zero-order valence-corrected chi connectivity index (χ0v) is 13.6. The summed E-state index contributed by atoms with van der Waals surface area (Å²) in [6.45, 7) is 9.00. The average molecular weight is 292 g/mol. The first kappa shape index (κ1) is 17.4. The molecule has 1 atom stereocenters. The van der Waals surface area contributed by atoms with Crippen molar-refractivity contribution in [2.75, 3.05) is 7.11 Å². The van der Waals surface area contributed by atoms with E-state index in [9.17, 15) is 14.7 Å². The first-order valence-electron chi connectivity index (χ1n) is 6.94. The highest BCUT2D eigenvalue weighted by Gasteiger charge is 2.48.